The minimum Gasteiger partial charge on any atom is -0.478 e. The van der Waals surface area contributed by atoms with E-state index in [0.29, 0.717) is 43.8 Å². The molecule has 0 unspecified atom stereocenters. The third-order valence-corrected chi connectivity index (χ3v) is 13.1. The number of aromatic nitrogens is 8. The van der Waals surface area contributed by atoms with Crippen LogP contribution in [0.2, 0.25) is 0 Å². The normalized spacial score (nSPS) is 11.3. The summed E-state index contributed by atoms with van der Waals surface area (Å²) in [6.07, 6.45) is 0. The van der Waals surface area contributed by atoms with E-state index in [2.05, 4.69) is 9.97 Å². The first-order valence-corrected chi connectivity index (χ1v) is 24.3. The van der Waals surface area contributed by atoms with Gasteiger partial charge in [-0.1, -0.05) is 97.1 Å². The van der Waals surface area contributed by atoms with Gasteiger partial charge in [-0.2, -0.15) is 0 Å². The number of nitrogens with one attached hydrogen (secondary N) is 2. The maximum absolute atomic E-state index is 12.5. The number of para-hydroxylation sites is 4. The molecule has 0 fully saturated rings. The number of nitrogens with zero attached hydrogens (tertiary/aromatic N) is 6. The van der Waals surface area contributed by atoms with E-state index in [1.807, 2.05) is 0 Å². The molecule has 81 heavy (non-hydrogen) atoms. The molecule has 0 saturated heterocycles. The third kappa shape index (κ3) is 9.00. The second-order valence-electron chi connectivity index (χ2n) is 17.9. The molecule has 0 radical (unpaired) electrons. The van der Waals surface area contributed by atoms with Crippen LogP contribution < -0.4 is 18.9 Å². The van der Waals surface area contributed by atoms with Crippen molar-refractivity contribution in [3.8, 4) is 91.5 Å². The molecule has 0 saturated carbocycles. The number of carbonyl (C=O) groups is 4. The quantitative estimate of drug-likeness (QED) is 0.0620. The zero-order valence-corrected chi connectivity index (χ0v) is 44.6. The first-order chi connectivity index (χ1) is 38.9. The molecule has 8 aromatic carbocycles. The van der Waals surface area contributed by atoms with Gasteiger partial charge in [0.15, 0.2) is 23.3 Å². The first-order valence-electron chi connectivity index (χ1n) is 24.3. The Morgan fingerprint density at radius 1 is 0.309 bits per heavy atom. The fourth-order valence-corrected chi connectivity index (χ4v) is 9.60. The van der Waals surface area contributed by atoms with Crippen molar-refractivity contribution in [3.05, 3.63) is 192 Å². The van der Waals surface area contributed by atoms with E-state index >= 15 is 0 Å². The third-order valence-electron chi connectivity index (χ3n) is 13.1. The van der Waals surface area contributed by atoms with Gasteiger partial charge >= 0.3 is 43.4 Å². The van der Waals surface area contributed by atoms with Crippen molar-refractivity contribution in [1.29, 1.82) is 0 Å². The zero-order valence-electron chi connectivity index (χ0n) is 41.6. The number of fused-ring (bicyclic) bond motifs is 20. The van der Waals surface area contributed by atoms with Gasteiger partial charge in [-0.25, -0.2) is 49.1 Å². The summed E-state index contributed by atoms with van der Waals surface area (Å²) in [6.45, 7) is 0. The van der Waals surface area contributed by atoms with Gasteiger partial charge in [0, 0.05) is 21.9 Å². The summed E-state index contributed by atoms with van der Waals surface area (Å²) in [6, 6.07) is 45.0. The molecule has 0 aliphatic carbocycles. The molecule has 0 amide bonds. The predicted molar refractivity (Wildman–Crippen MR) is 290 cm³/mol. The second-order valence-corrected chi connectivity index (χ2v) is 17.9. The molecule has 0 atom stereocenters. The molecule has 20 nitrogen and oxygen atoms in total. The van der Waals surface area contributed by atoms with Crippen LogP contribution in [0.25, 0.3) is 89.7 Å². The SMILES string of the molecule is O=C(O)c1ccccc1Oc1cccc2c1-c1nc-2nc2[nH]c(nc3nc(nc4[nH]c(n1)c1cccc(Oc5ccccc5C(=O)O)c41)-c1cccc(Oc4ccccc4C(=O)O)c1-3)c1cccc(Oc3ccccc3C(=O)O)c21.[Zn+2]. The molecular formula is C60H34N8O12Zn+2. The Morgan fingerprint density at radius 3 is 0.938 bits per heavy atom. The summed E-state index contributed by atoms with van der Waals surface area (Å²) < 4.78 is 25.8. The molecule has 2 aliphatic rings. The number of hydrogen-bond donors (Lipinski definition) is 6. The standard InChI is InChI=1S/C60H34N8O12.Zn/c69-57(70)29-13-1-5-21-37(29)77-41-25-9-17-33-45(41)53-61-49(33)66-54-47-35(19-11-27-43(47)79-39-23-7-3-15-31(39)59(73)74)51(63-54)68-56-48-36(20-12-28-44(48)80-40-24-8-4-16-32(40)60(75)76)52(64-56)67-55-46-34(50(62-55)65-53)18-10-26-42(46)78-38-22-6-2-14-30(38)58(71)72;/h1-28H,(H,69,70)(H,71,72)(H,73,74)(H,75,76)(H2,61,62,63,64,65,66,67,68);/q;+2. The summed E-state index contributed by atoms with van der Waals surface area (Å²) in [5.41, 5.74) is 1.67. The van der Waals surface area contributed by atoms with Crippen molar-refractivity contribution in [1.82, 2.24) is 39.9 Å². The van der Waals surface area contributed by atoms with Gasteiger partial charge in [0.2, 0.25) is 0 Å². The van der Waals surface area contributed by atoms with Crippen LogP contribution in [0, 0.1) is 0 Å². The molecule has 5 heterocycles. The Morgan fingerprint density at radius 2 is 0.593 bits per heavy atom. The minimum absolute atomic E-state index is 0. The second kappa shape index (κ2) is 20.3. The molecule has 8 bridgehead atoms. The maximum Gasteiger partial charge on any atom is 2.00 e. The summed E-state index contributed by atoms with van der Waals surface area (Å²) in [7, 11) is 0. The van der Waals surface area contributed by atoms with Gasteiger partial charge in [0.05, 0.1) is 21.9 Å². The largest absolute Gasteiger partial charge is 2.00 e. The van der Waals surface area contributed by atoms with Crippen molar-refractivity contribution in [3.63, 3.8) is 0 Å². The van der Waals surface area contributed by atoms with Crippen molar-refractivity contribution >= 4 is 68.0 Å². The Labute approximate surface area is 467 Å². The van der Waals surface area contributed by atoms with Crippen LogP contribution in [-0.2, 0) is 19.5 Å². The number of ether oxygens (including phenoxy) is 4. The Kier molecular flexibility index (Phi) is 12.7. The molecule has 2 aliphatic heterocycles. The van der Waals surface area contributed by atoms with Gasteiger partial charge in [0.25, 0.3) is 0 Å². The fourth-order valence-electron chi connectivity index (χ4n) is 9.60. The van der Waals surface area contributed by atoms with Gasteiger partial charge in [-0.15, -0.1) is 0 Å². The van der Waals surface area contributed by atoms with E-state index in [4.69, 9.17) is 48.9 Å². The van der Waals surface area contributed by atoms with Crippen molar-refractivity contribution < 1.29 is 78.0 Å². The number of hydrogen-bond acceptors (Lipinski definition) is 14. The van der Waals surface area contributed by atoms with E-state index in [1.165, 1.54) is 48.5 Å². The molecule has 386 valence electrons. The smallest absolute Gasteiger partial charge is 0.478 e. The number of carboxylic acid groups (broad SMARTS) is 4. The molecular weight excluding hydrogens is 1090 g/mol. The molecule has 3 aromatic heterocycles. The zero-order chi connectivity index (χ0) is 54.8. The molecule has 21 heteroatoms. The summed E-state index contributed by atoms with van der Waals surface area (Å²) in [5, 5.41) is 42.3. The van der Waals surface area contributed by atoms with Crippen molar-refractivity contribution in [2.45, 2.75) is 0 Å². The Hall–Kier alpha value is -11.2. The number of aromatic carboxylic acids is 4. The van der Waals surface area contributed by atoms with Crippen LogP contribution in [0.1, 0.15) is 41.4 Å². The predicted octanol–water partition coefficient (Wildman–Crippen LogP) is 12.8. The average molecular weight is 1120 g/mol. The van der Waals surface area contributed by atoms with E-state index in [9.17, 15) is 39.6 Å². The summed E-state index contributed by atoms with van der Waals surface area (Å²) >= 11 is 0. The van der Waals surface area contributed by atoms with Crippen LogP contribution in [0.5, 0.6) is 46.0 Å². The monoisotopic (exact) mass is 1120 g/mol. The summed E-state index contributed by atoms with van der Waals surface area (Å²) in [5.74, 6) is -3.75. The van der Waals surface area contributed by atoms with E-state index < -0.39 is 23.9 Å². The van der Waals surface area contributed by atoms with Crippen LogP contribution >= 0.6 is 0 Å². The van der Waals surface area contributed by atoms with Crippen LogP contribution in [-0.4, -0.2) is 84.2 Å². The fraction of sp³-hybridized carbons (Fsp3) is 0. The van der Waals surface area contributed by atoms with Crippen LogP contribution in [0.15, 0.2) is 170 Å². The van der Waals surface area contributed by atoms with Gasteiger partial charge in [-0.3, -0.25) is 0 Å². The molecule has 11 aromatic rings. The molecule has 13 rings (SSSR count). The van der Waals surface area contributed by atoms with Crippen LogP contribution in [0.3, 0.4) is 0 Å². The number of rotatable bonds is 12. The van der Waals surface area contributed by atoms with E-state index in [1.54, 1.807) is 121 Å². The average Bonchev–Trinajstić information content (AvgIpc) is 4.31. The number of benzene rings is 8. The Balaban J connectivity index is 0.00000651. The number of aromatic amines is 2. The van der Waals surface area contributed by atoms with Crippen molar-refractivity contribution in [2.24, 2.45) is 0 Å². The van der Waals surface area contributed by atoms with E-state index in [-0.39, 0.29) is 134 Å². The minimum atomic E-state index is -1.22. The molecule has 6 N–H and O–H groups in total. The number of H-pyrrole nitrogens is 2. The molecule has 0 spiro atoms. The van der Waals surface area contributed by atoms with Crippen molar-refractivity contribution in [2.75, 3.05) is 0 Å². The van der Waals surface area contributed by atoms with E-state index in [0.717, 1.165) is 0 Å². The maximum atomic E-state index is 12.5. The van der Waals surface area contributed by atoms with Gasteiger partial charge in [-0.05, 0) is 72.8 Å². The summed E-state index contributed by atoms with van der Waals surface area (Å²) in [4.78, 5) is 87.3. The number of carboxylic acids is 4. The van der Waals surface area contributed by atoms with Gasteiger partial charge < -0.3 is 49.3 Å². The van der Waals surface area contributed by atoms with Crippen LogP contribution in [0.4, 0.5) is 0 Å². The Bertz CT molecular complexity index is 4380. The first kappa shape index (κ1) is 50.6. The topological polar surface area (TPSA) is 295 Å². The van der Waals surface area contributed by atoms with Gasteiger partial charge in [0.1, 0.15) is 90.8 Å².